The van der Waals surface area contributed by atoms with Gasteiger partial charge in [-0.3, -0.25) is 0 Å². The normalized spacial score (nSPS) is 11.1. The van der Waals surface area contributed by atoms with E-state index in [1.165, 1.54) is 0 Å². The molecule has 1 aromatic rings. The number of rotatable bonds is 6. The van der Waals surface area contributed by atoms with Gasteiger partial charge in [0.25, 0.3) is 0 Å². The molecule has 0 saturated carbocycles. The van der Waals surface area contributed by atoms with Crippen molar-refractivity contribution in [1.82, 2.24) is 0 Å². The maximum Gasteiger partial charge on any atom is 0.211 e. The molecule has 0 aliphatic rings. The molecule has 7 heteroatoms. The van der Waals surface area contributed by atoms with E-state index in [0.29, 0.717) is 12.5 Å². The maximum absolute atomic E-state index is 13.7. The fourth-order valence-electron chi connectivity index (χ4n) is 1.38. The number of nitrogens with zero attached hydrogens (tertiary/aromatic N) is 2. The van der Waals surface area contributed by atoms with Crippen LogP contribution in [0.5, 0.6) is 5.75 Å². The number of guanidine groups is 1. The molecule has 0 atom stereocenters. The minimum absolute atomic E-state index is 0.0680. The molecule has 0 radical (unpaired) electrons. The number of benzene rings is 1. The van der Waals surface area contributed by atoms with Crippen molar-refractivity contribution in [3.63, 3.8) is 0 Å². The molecular formula is C13H18F2N4O. The van der Waals surface area contributed by atoms with Crippen LogP contribution >= 0.6 is 0 Å². The van der Waals surface area contributed by atoms with Gasteiger partial charge in [-0.2, -0.15) is 5.10 Å². The van der Waals surface area contributed by atoms with E-state index in [2.05, 4.69) is 10.2 Å². The number of nitrogens with two attached hydrogens (primary N) is 2. The molecule has 0 fully saturated rings. The topological polar surface area (TPSA) is 86.0 Å². The maximum atomic E-state index is 13.7. The predicted octanol–water partition coefficient (Wildman–Crippen LogP) is 2.00. The van der Waals surface area contributed by atoms with Crippen molar-refractivity contribution in [1.29, 1.82) is 0 Å². The molecule has 5 nitrogen and oxygen atoms in total. The van der Waals surface area contributed by atoms with Crippen molar-refractivity contribution >= 4 is 12.2 Å². The van der Waals surface area contributed by atoms with E-state index >= 15 is 0 Å². The fraction of sp³-hybridized carbons (Fsp3) is 0.385. The van der Waals surface area contributed by atoms with Gasteiger partial charge in [0.15, 0.2) is 11.6 Å². The molecule has 0 bridgehead atoms. The Morgan fingerprint density at radius 1 is 1.35 bits per heavy atom. The van der Waals surface area contributed by atoms with Crippen molar-refractivity contribution < 1.29 is 13.5 Å². The van der Waals surface area contributed by atoms with E-state index in [1.807, 2.05) is 13.8 Å². The average molecular weight is 284 g/mol. The zero-order valence-corrected chi connectivity index (χ0v) is 11.4. The highest BCUT2D eigenvalue weighted by atomic mass is 19.1. The summed E-state index contributed by atoms with van der Waals surface area (Å²) in [7, 11) is 0. The quantitative estimate of drug-likeness (QED) is 0.476. The molecule has 110 valence electrons. The summed E-state index contributed by atoms with van der Waals surface area (Å²) in [5.74, 6) is -1.43. The predicted molar refractivity (Wildman–Crippen MR) is 74.7 cm³/mol. The van der Waals surface area contributed by atoms with Gasteiger partial charge in [0.05, 0.1) is 12.8 Å². The average Bonchev–Trinajstić information content (AvgIpc) is 2.31. The lowest BCUT2D eigenvalue weighted by Crippen LogP contribution is -2.21. The summed E-state index contributed by atoms with van der Waals surface area (Å²) in [6.07, 6.45) is 1.89. The van der Waals surface area contributed by atoms with Gasteiger partial charge in [-0.1, -0.05) is 13.8 Å². The molecule has 0 unspecified atom stereocenters. The highest BCUT2D eigenvalue weighted by Gasteiger charge is 2.12. The van der Waals surface area contributed by atoms with Gasteiger partial charge in [0.2, 0.25) is 5.96 Å². The lowest BCUT2D eigenvalue weighted by molar-refractivity contribution is 0.275. The summed E-state index contributed by atoms with van der Waals surface area (Å²) < 4.78 is 32.3. The summed E-state index contributed by atoms with van der Waals surface area (Å²) in [6, 6.07) is 1.85. The number of ether oxygens (including phenoxy) is 1. The second-order valence-electron chi connectivity index (χ2n) is 4.61. The van der Waals surface area contributed by atoms with Crippen LogP contribution < -0.4 is 16.2 Å². The van der Waals surface area contributed by atoms with E-state index < -0.39 is 11.6 Å². The monoisotopic (exact) mass is 284 g/mol. The van der Waals surface area contributed by atoms with Crippen LogP contribution in [0.3, 0.4) is 0 Å². The Kier molecular flexibility index (Phi) is 5.89. The summed E-state index contributed by atoms with van der Waals surface area (Å²) in [4.78, 5) is 0. The first-order valence-corrected chi connectivity index (χ1v) is 6.14. The molecule has 0 saturated heterocycles. The molecule has 1 rings (SSSR count). The van der Waals surface area contributed by atoms with Gasteiger partial charge in [-0.25, -0.2) is 8.78 Å². The van der Waals surface area contributed by atoms with Crippen LogP contribution in [-0.4, -0.2) is 18.8 Å². The van der Waals surface area contributed by atoms with E-state index in [4.69, 9.17) is 16.2 Å². The third-order valence-electron chi connectivity index (χ3n) is 2.35. The Morgan fingerprint density at radius 3 is 2.65 bits per heavy atom. The van der Waals surface area contributed by atoms with Crippen molar-refractivity contribution in [2.75, 3.05) is 6.61 Å². The minimum Gasteiger partial charge on any atom is -0.490 e. The second kappa shape index (κ2) is 7.42. The van der Waals surface area contributed by atoms with Crippen LogP contribution in [0.1, 0.15) is 25.8 Å². The molecule has 0 aliphatic heterocycles. The number of hydrogen-bond acceptors (Lipinski definition) is 3. The minimum atomic E-state index is -0.792. The van der Waals surface area contributed by atoms with Crippen LogP contribution in [0, 0.1) is 17.6 Å². The Bertz CT molecular complexity index is 511. The molecule has 0 heterocycles. The fourth-order valence-corrected chi connectivity index (χ4v) is 1.38. The van der Waals surface area contributed by atoms with Crippen LogP contribution in [0.15, 0.2) is 22.3 Å². The zero-order chi connectivity index (χ0) is 15.1. The zero-order valence-electron chi connectivity index (χ0n) is 11.4. The third kappa shape index (κ3) is 5.21. The Morgan fingerprint density at radius 2 is 2.05 bits per heavy atom. The molecule has 4 N–H and O–H groups in total. The molecule has 0 aromatic heterocycles. The van der Waals surface area contributed by atoms with Gasteiger partial charge < -0.3 is 16.2 Å². The summed E-state index contributed by atoms with van der Waals surface area (Å²) in [5, 5.41) is 6.90. The summed E-state index contributed by atoms with van der Waals surface area (Å²) >= 11 is 0. The van der Waals surface area contributed by atoms with Crippen LogP contribution in [-0.2, 0) is 0 Å². The highest BCUT2D eigenvalue weighted by Crippen LogP contribution is 2.23. The second-order valence-corrected chi connectivity index (χ2v) is 4.61. The Hall–Kier alpha value is -2.18. The van der Waals surface area contributed by atoms with E-state index in [0.717, 1.165) is 24.8 Å². The lowest BCUT2D eigenvalue weighted by Gasteiger charge is -2.11. The highest BCUT2D eigenvalue weighted by molar-refractivity contribution is 5.84. The van der Waals surface area contributed by atoms with Crippen LogP contribution in [0.4, 0.5) is 8.78 Å². The number of hydrogen-bond donors (Lipinski definition) is 2. The summed E-state index contributed by atoms with van der Waals surface area (Å²) in [6.45, 7) is 4.36. The van der Waals surface area contributed by atoms with Gasteiger partial charge in [0.1, 0.15) is 5.82 Å². The first-order chi connectivity index (χ1) is 9.40. The Balaban J connectivity index is 2.95. The molecule has 1 aromatic carbocycles. The van der Waals surface area contributed by atoms with E-state index in [-0.39, 0.29) is 17.3 Å². The first kappa shape index (κ1) is 15.9. The molecular weight excluding hydrogens is 266 g/mol. The van der Waals surface area contributed by atoms with Crippen molar-refractivity contribution in [2.24, 2.45) is 27.6 Å². The Labute approximate surface area is 116 Å². The smallest absolute Gasteiger partial charge is 0.211 e. The van der Waals surface area contributed by atoms with Gasteiger partial charge in [-0.05, 0) is 18.4 Å². The molecule has 0 aliphatic carbocycles. The SMILES string of the molecule is CC(C)CCOc1c(F)cc(F)cc1C=NN=C(N)N. The molecule has 20 heavy (non-hydrogen) atoms. The molecule has 0 spiro atoms. The largest absolute Gasteiger partial charge is 0.490 e. The first-order valence-electron chi connectivity index (χ1n) is 6.14. The number of halogens is 2. The van der Waals surface area contributed by atoms with Crippen LogP contribution in [0.2, 0.25) is 0 Å². The van der Waals surface area contributed by atoms with Crippen molar-refractivity contribution in [2.45, 2.75) is 20.3 Å². The summed E-state index contributed by atoms with van der Waals surface area (Å²) in [5.41, 5.74) is 10.3. The van der Waals surface area contributed by atoms with Crippen LogP contribution in [0.25, 0.3) is 0 Å². The lowest BCUT2D eigenvalue weighted by atomic mass is 10.1. The molecule has 0 amide bonds. The van der Waals surface area contributed by atoms with Gasteiger partial charge in [0, 0.05) is 11.6 Å². The van der Waals surface area contributed by atoms with Gasteiger partial charge >= 0.3 is 0 Å². The standard InChI is InChI=1S/C13H18F2N4O/c1-8(2)3-4-20-12-9(7-18-19-13(16)17)5-10(14)6-11(12)15/h5-8H,3-4H2,1-2H3,(H4,16,17,19). The van der Waals surface area contributed by atoms with E-state index in [1.54, 1.807) is 0 Å². The van der Waals surface area contributed by atoms with E-state index in [9.17, 15) is 8.78 Å². The van der Waals surface area contributed by atoms with Gasteiger partial charge in [-0.15, -0.1) is 5.10 Å². The van der Waals surface area contributed by atoms with Crippen molar-refractivity contribution in [3.05, 3.63) is 29.3 Å². The van der Waals surface area contributed by atoms with Crippen molar-refractivity contribution in [3.8, 4) is 5.75 Å². The third-order valence-corrected chi connectivity index (χ3v) is 2.35.